The Hall–Kier alpha value is -1.29. The summed E-state index contributed by atoms with van der Waals surface area (Å²) in [5.74, 6) is 0. The fraction of sp³-hybridized carbons (Fsp3) is 0.222. The maximum atomic E-state index is 11.1. The Morgan fingerprint density at radius 3 is 2.30 bits per heavy atom. The number of rotatable bonds is 2. The molecule has 4 nitrogen and oxygen atoms in total. The molecule has 1 heterocycles. The van der Waals surface area contributed by atoms with Gasteiger partial charge in [-0.05, 0) is 29.9 Å². The molecule has 0 atom stereocenters. The summed E-state index contributed by atoms with van der Waals surface area (Å²) in [6, 6.07) is 4.51. The van der Waals surface area contributed by atoms with Crippen molar-refractivity contribution in [1.29, 1.82) is 0 Å². The summed E-state index contributed by atoms with van der Waals surface area (Å²) in [4.78, 5) is 0.0840. The van der Waals surface area contributed by atoms with Crippen molar-refractivity contribution in [2.24, 2.45) is 0 Å². The molecule has 1 aromatic heterocycles. The second-order valence-electron chi connectivity index (χ2n) is 3.59. The lowest BCUT2D eigenvalue weighted by Gasteiger charge is -1.94. The minimum Gasteiger partial charge on any atom is -0.418 e. The largest absolute Gasteiger partial charge is 0.673 e. The van der Waals surface area contributed by atoms with Crippen LogP contribution >= 0.6 is 10.7 Å². The first kappa shape index (κ1) is 16.8. The van der Waals surface area contributed by atoms with E-state index >= 15 is 0 Å². The second-order valence-corrected chi connectivity index (χ2v) is 6.15. The monoisotopic (exact) mass is 333 g/mol. The first-order valence-corrected chi connectivity index (χ1v) is 7.57. The number of halogens is 5. The summed E-state index contributed by atoms with van der Waals surface area (Å²) in [5, 5.41) is 0.721. The van der Waals surface area contributed by atoms with E-state index in [4.69, 9.17) is 15.2 Å². The van der Waals surface area contributed by atoms with Gasteiger partial charge in [0.05, 0.1) is 10.3 Å². The standard InChI is InChI=1S/C9H9ClNO3S.BF4/c1-2-11-6-7-5-8(15(10,12)13)3-4-9(7)14-11;2-1(3,4)5/h3-6H,2H2,1H3;/q+1;-1. The van der Waals surface area contributed by atoms with Gasteiger partial charge in [0.15, 0.2) is 6.54 Å². The van der Waals surface area contributed by atoms with Gasteiger partial charge in [0.1, 0.15) is 0 Å². The summed E-state index contributed by atoms with van der Waals surface area (Å²) in [7, 11) is -4.44. The highest BCUT2D eigenvalue weighted by molar-refractivity contribution is 8.13. The lowest BCUT2D eigenvalue weighted by molar-refractivity contribution is -0.857. The molecule has 2 rings (SSSR count). The van der Waals surface area contributed by atoms with Gasteiger partial charge in [-0.25, -0.2) is 12.9 Å². The molecule has 0 aliphatic rings. The first-order valence-electron chi connectivity index (χ1n) is 5.26. The summed E-state index contributed by atoms with van der Waals surface area (Å²) < 4.78 is 68.1. The van der Waals surface area contributed by atoms with E-state index in [1.165, 1.54) is 12.1 Å². The normalized spacial score (nSPS) is 12.1. The van der Waals surface area contributed by atoms with Crippen LogP contribution in [0.15, 0.2) is 33.8 Å². The lowest BCUT2D eigenvalue weighted by atomic mass is 10.3. The number of hydrogen-bond donors (Lipinski definition) is 0. The Morgan fingerprint density at radius 1 is 1.30 bits per heavy atom. The fourth-order valence-corrected chi connectivity index (χ4v) is 2.11. The molecule has 0 bridgehead atoms. The van der Waals surface area contributed by atoms with E-state index in [1.807, 2.05) is 6.92 Å². The van der Waals surface area contributed by atoms with Crippen LogP contribution < -0.4 is 4.74 Å². The van der Waals surface area contributed by atoms with Crippen molar-refractivity contribution in [1.82, 2.24) is 0 Å². The van der Waals surface area contributed by atoms with Crippen LogP contribution in [0, 0.1) is 0 Å². The predicted molar refractivity (Wildman–Crippen MR) is 65.3 cm³/mol. The highest BCUT2D eigenvalue weighted by Crippen LogP contribution is 2.20. The Kier molecular flexibility index (Phi) is 5.03. The average Bonchev–Trinajstić information content (AvgIpc) is 2.66. The topological polar surface area (TPSA) is 51.2 Å². The van der Waals surface area contributed by atoms with E-state index in [-0.39, 0.29) is 4.90 Å². The Bertz CT molecular complexity index is 695. The molecule has 0 unspecified atom stereocenters. The molecule has 0 aliphatic carbocycles. The fourth-order valence-electron chi connectivity index (χ4n) is 1.33. The van der Waals surface area contributed by atoms with Gasteiger partial charge in [0, 0.05) is 10.7 Å². The smallest absolute Gasteiger partial charge is 0.418 e. The summed E-state index contributed by atoms with van der Waals surface area (Å²) in [5.41, 5.74) is 0.640. The van der Waals surface area contributed by atoms with Gasteiger partial charge in [-0.2, -0.15) is 0 Å². The first-order chi connectivity index (χ1) is 9.00. The van der Waals surface area contributed by atoms with Gasteiger partial charge >= 0.3 is 7.25 Å². The molecule has 0 fully saturated rings. The quantitative estimate of drug-likeness (QED) is 0.367. The van der Waals surface area contributed by atoms with E-state index in [0.29, 0.717) is 12.1 Å². The summed E-state index contributed by atoms with van der Waals surface area (Å²) in [6.07, 6.45) is 1.74. The SMILES string of the molecule is CC[n+]1cc2cc(S(=O)(=O)Cl)ccc2o1.F[B-](F)(F)F. The molecule has 112 valence electrons. The zero-order valence-electron chi connectivity index (χ0n) is 10.1. The van der Waals surface area contributed by atoms with Crippen LogP contribution in [0.4, 0.5) is 17.3 Å². The maximum Gasteiger partial charge on any atom is 0.673 e. The minimum atomic E-state index is -6.00. The Balaban J connectivity index is 0.000000347. The Labute approximate surface area is 116 Å². The van der Waals surface area contributed by atoms with Crippen LogP contribution in [0.2, 0.25) is 0 Å². The molecule has 1 aromatic carbocycles. The minimum absolute atomic E-state index is 0.0840. The molecule has 0 N–H and O–H groups in total. The van der Waals surface area contributed by atoms with Gasteiger partial charge in [0.25, 0.3) is 9.05 Å². The maximum absolute atomic E-state index is 11.1. The van der Waals surface area contributed by atoms with Crippen molar-refractivity contribution in [2.75, 3.05) is 0 Å². The zero-order chi connectivity index (χ0) is 15.6. The summed E-state index contributed by atoms with van der Waals surface area (Å²) >= 11 is 0. The van der Waals surface area contributed by atoms with E-state index in [9.17, 15) is 25.7 Å². The van der Waals surface area contributed by atoms with Crippen LogP contribution in [-0.4, -0.2) is 15.7 Å². The highest BCUT2D eigenvalue weighted by Gasteiger charge is 2.20. The van der Waals surface area contributed by atoms with Crippen molar-refractivity contribution in [2.45, 2.75) is 18.4 Å². The van der Waals surface area contributed by atoms with E-state index in [0.717, 1.165) is 5.39 Å². The average molecular weight is 333 g/mol. The van der Waals surface area contributed by atoms with Crippen LogP contribution in [0.25, 0.3) is 11.0 Å². The van der Waals surface area contributed by atoms with Gasteiger partial charge in [-0.15, -0.1) is 0 Å². The Morgan fingerprint density at radius 2 is 1.85 bits per heavy atom. The number of hydrogen-bond acceptors (Lipinski definition) is 3. The van der Waals surface area contributed by atoms with Crippen molar-refractivity contribution >= 4 is 38.0 Å². The van der Waals surface area contributed by atoms with E-state index in [2.05, 4.69) is 0 Å². The van der Waals surface area contributed by atoms with Gasteiger partial charge in [0.2, 0.25) is 11.8 Å². The highest BCUT2D eigenvalue weighted by atomic mass is 35.7. The number of fused-ring (bicyclic) bond motifs is 1. The molecule has 0 amide bonds. The molecule has 0 spiro atoms. The van der Waals surface area contributed by atoms with Crippen LogP contribution in [0.5, 0.6) is 0 Å². The van der Waals surface area contributed by atoms with Gasteiger partial charge in [-0.1, -0.05) is 0 Å². The molecular weight excluding hydrogens is 324 g/mol. The van der Waals surface area contributed by atoms with Gasteiger partial charge < -0.3 is 17.3 Å². The predicted octanol–water partition coefficient (Wildman–Crippen LogP) is 2.97. The number of nitrogens with zero attached hydrogens (tertiary/aromatic N) is 1. The van der Waals surface area contributed by atoms with Crippen LogP contribution in [-0.2, 0) is 15.6 Å². The molecule has 0 radical (unpaired) electrons. The molecule has 20 heavy (non-hydrogen) atoms. The van der Waals surface area contributed by atoms with E-state index in [1.54, 1.807) is 17.0 Å². The van der Waals surface area contributed by atoms with Crippen molar-refractivity contribution < 1.29 is 34.9 Å². The molecule has 0 aliphatic heterocycles. The van der Waals surface area contributed by atoms with Crippen molar-refractivity contribution in [3.8, 4) is 0 Å². The molecule has 11 heteroatoms. The van der Waals surface area contributed by atoms with Crippen molar-refractivity contribution in [3.63, 3.8) is 0 Å². The molecule has 0 saturated heterocycles. The van der Waals surface area contributed by atoms with E-state index < -0.39 is 16.3 Å². The molecule has 0 saturated carbocycles. The summed E-state index contributed by atoms with van der Waals surface area (Å²) in [6.45, 7) is 2.62. The molecule has 2 aromatic rings. The van der Waals surface area contributed by atoms with Crippen molar-refractivity contribution in [3.05, 3.63) is 24.4 Å². The zero-order valence-corrected chi connectivity index (χ0v) is 11.6. The second kappa shape index (κ2) is 6.00. The third-order valence-corrected chi connectivity index (χ3v) is 3.42. The number of benzene rings is 1. The van der Waals surface area contributed by atoms with Crippen LogP contribution in [0.1, 0.15) is 6.92 Å². The molecular formula is C9H9BClF4NO3S. The van der Waals surface area contributed by atoms with Crippen LogP contribution in [0.3, 0.4) is 0 Å². The lowest BCUT2D eigenvalue weighted by Crippen LogP contribution is -2.27. The number of aromatic nitrogens is 1. The third-order valence-electron chi connectivity index (χ3n) is 2.07. The number of aryl methyl sites for hydroxylation is 1. The third kappa shape index (κ3) is 5.37. The van der Waals surface area contributed by atoms with Gasteiger partial charge in [-0.3, -0.25) is 0 Å².